The van der Waals surface area contributed by atoms with Gasteiger partial charge in [-0.1, -0.05) is 26.0 Å². The summed E-state index contributed by atoms with van der Waals surface area (Å²) in [5, 5.41) is 7.98. The van der Waals surface area contributed by atoms with Crippen molar-refractivity contribution in [3.05, 3.63) is 48.3 Å². The van der Waals surface area contributed by atoms with Gasteiger partial charge in [0.15, 0.2) is 0 Å². The third kappa shape index (κ3) is 3.73. The van der Waals surface area contributed by atoms with E-state index < -0.39 is 0 Å². The minimum absolute atomic E-state index is 0.676. The molecule has 2 aromatic rings. The fraction of sp³-hybridized carbons (Fsp3) is 0.500. The Hall–Kier alpha value is -1.61. The molecule has 1 aliphatic carbocycles. The van der Waals surface area contributed by atoms with Gasteiger partial charge in [-0.2, -0.15) is 5.10 Å². The van der Waals surface area contributed by atoms with Gasteiger partial charge in [-0.3, -0.25) is 0 Å². The lowest BCUT2D eigenvalue weighted by Gasteiger charge is -2.32. The quantitative estimate of drug-likeness (QED) is 0.925. The SMILES string of the molecule is CC1CC(C)CC(NCc2ccc(-n3cccn3)cc2)C1. The summed E-state index contributed by atoms with van der Waals surface area (Å²) in [7, 11) is 0. The van der Waals surface area contributed by atoms with E-state index in [9.17, 15) is 0 Å². The first kappa shape index (κ1) is 14.3. The van der Waals surface area contributed by atoms with Gasteiger partial charge in [-0.15, -0.1) is 0 Å². The molecule has 1 heterocycles. The summed E-state index contributed by atoms with van der Waals surface area (Å²) < 4.78 is 1.89. The van der Waals surface area contributed by atoms with Gasteiger partial charge in [0.25, 0.3) is 0 Å². The largest absolute Gasteiger partial charge is 0.310 e. The number of nitrogens with one attached hydrogen (secondary N) is 1. The summed E-state index contributed by atoms with van der Waals surface area (Å²) in [6, 6.07) is 11.3. The summed E-state index contributed by atoms with van der Waals surface area (Å²) in [6.45, 7) is 5.72. The summed E-state index contributed by atoms with van der Waals surface area (Å²) >= 11 is 0. The van der Waals surface area contributed by atoms with Crippen molar-refractivity contribution in [1.29, 1.82) is 0 Å². The van der Waals surface area contributed by atoms with Crippen LogP contribution in [0.25, 0.3) is 5.69 Å². The molecule has 21 heavy (non-hydrogen) atoms. The molecule has 3 rings (SSSR count). The lowest BCUT2D eigenvalue weighted by atomic mass is 9.80. The Bertz CT molecular complexity index is 534. The molecule has 0 radical (unpaired) electrons. The standard InChI is InChI=1S/C18H25N3/c1-14-10-15(2)12-17(11-14)19-13-16-4-6-18(7-5-16)21-9-3-8-20-21/h3-9,14-15,17,19H,10-13H2,1-2H3. The summed E-state index contributed by atoms with van der Waals surface area (Å²) in [6.07, 6.45) is 7.79. The zero-order chi connectivity index (χ0) is 14.7. The van der Waals surface area contributed by atoms with E-state index in [1.165, 1.54) is 24.8 Å². The molecule has 1 saturated carbocycles. The molecule has 0 saturated heterocycles. The summed E-state index contributed by atoms with van der Waals surface area (Å²) in [5.74, 6) is 1.71. The van der Waals surface area contributed by atoms with Crippen LogP contribution in [-0.2, 0) is 6.54 Å². The fourth-order valence-electron chi connectivity index (χ4n) is 3.56. The Balaban J connectivity index is 1.56. The Labute approximate surface area is 127 Å². The van der Waals surface area contributed by atoms with E-state index in [0.29, 0.717) is 6.04 Å². The highest BCUT2D eigenvalue weighted by molar-refractivity contribution is 5.33. The van der Waals surface area contributed by atoms with Crippen LogP contribution in [0.4, 0.5) is 0 Å². The third-order valence-electron chi connectivity index (χ3n) is 4.48. The molecule has 1 aromatic carbocycles. The minimum Gasteiger partial charge on any atom is -0.310 e. The fourth-order valence-corrected chi connectivity index (χ4v) is 3.56. The lowest BCUT2D eigenvalue weighted by Crippen LogP contribution is -2.35. The van der Waals surface area contributed by atoms with Crippen LogP contribution >= 0.6 is 0 Å². The molecule has 0 aliphatic heterocycles. The second kappa shape index (κ2) is 6.44. The van der Waals surface area contributed by atoms with E-state index in [0.717, 1.165) is 24.1 Å². The van der Waals surface area contributed by atoms with E-state index in [1.54, 1.807) is 6.20 Å². The van der Waals surface area contributed by atoms with Gasteiger partial charge < -0.3 is 5.32 Å². The molecule has 112 valence electrons. The zero-order valence-corrected chi connectivity index (χ0v) is 13.0. The van der Waals surface area contributed by atoms with E-state index in [2.05, 4.69) is 48.5 Å². The maximum absolute atomic E-state index is 4.25. The van der Waals surface area contributed by atoms with Gasteiger partial charge in [0.1, 0.15) is 0 Å². The zero-order valence-electron chi connectivity index (χ0n) is 13.0. The van der Waals surface area contributed by atoms with Crippen LogP contribution in [0, 0.1) is 11.8 Å². The van der Waals surface area contributed by atoms with E-state index in [4.69, 9.17) is 0 Å². The number of benzene rings is 1. The van der Waals surface area contributed by atoms with Gasteiger partial charge in [0.05, 0.1) is 5.69 Å². The maximum atomic E-state index is 4.25. The van der Waals surface area contributed by atoms with Crippen molar-refractivity contribution in [2.24, 2.45) is 11.8 Å². The molecular weight excluding hydrogens is 258 g/mol. The number of hydrogen-bond acceptors (Lipinski definition) is 2. The van der Waals surface area contributed by atoms with Crippen LogP contribution in [0.3, 0.4) is 0 Å². The molecule has 2 atom stereocenters. The van der Waals surface area contributed by atoms with Crippen LogP contribution in [0.5, 0.6) is 0 Å². The first-order chi connectivity index (χ1) is 10.2. The van der Waals surface area contributed by atoms with Crippen molar-refractivity contribution in [3.8, 4) is 5.69 Å². The van der Waals surface area contributed by atoms with E-state index >= 15 is 0 Å². The smallest absolute Gasteiger partial charge is 0.0645 e. The average molecular weight is 283 g/mol. The number of nitrogens with zero attached hydrogens (tertiary/aromatic N) is 2. The summed E-state index contributed by atoms with van der Waals surface area (Å²) in [4.78, 5) is 0. The van der Waals surface area contributed by atoms with Crippen LogP contribution in [-0.4, -0.2) is 15.8 Å². The van der Waals surface area contributed by atoms with Gasteiger partial charge in [0, 0.05) is 25.0 Å². The van der Waals surface area contributed by atoms with Gasteiger partial charge in [0.2, 0.25) is 0 Å². The molecule has 3 nitrogen and oxygen atoms in total. The van der Waals surface area contributed by atoms with E-state index in [1.807, 2.05) is 16.9 Å². The van der Waals surface area contributed by atoms with Gasteiger partial charge >= 0.3 is 0 Å². The highest BCUT2D eigenvalue weighted by Crippen LogP contribution is 2.28. The van der Waals surface area contributed by atoms with Crippen molar-refractivity contribution < 1.29 is 0 Å². The van der Waals surface area contributed by atoms with Crippen molar-refractivity contribution >= 4 is 0 Å². The Kier molecular flexibility index (Phi) is 4.39. The second-order valence-electron chi connectivity index (χ2n) is 6.61. The molecule has 1 N–H and O–H groups in total. The Morgan fingerprint density at radius 1 is 1.10 bits per heavy atom. The molecule has 2 unspecified atom stereocenters. The predicted molar refractivity (Wildman–Crippen MR) is 86.4 cm³/mol. The molecule has 1 aromatic heterocycles. The normalized spacial score (nSPS) is 25.9. The van der Waals surface area contributed by atoms with Crippen LogP contribution in [0.1, 0.15) is 38.7 Å². The van der Waals surface area contributed by atoms with Crippen molar-refractivity contribution in [2.75, 3.05) is 0 Å². The predicted octanol–water partition coefficient (Wildman–Crippen LogP) is 3.79. The van der Waals surface area contributed by atoms with Crippen LogP contribution in [0.15, 0.2) is 42.7 Å². The molecular formula is C18H25N3. The molecule has 0 amide bonds. The number of rotatable bonds is 4. The Morgan fingerprint density at radius 2 is 1.81 bits per heavy atom. The molecule has 0 bridgehead atoms. The van der Waals surface area contributed by atoms with Crippen LogP contribution in [0.2, 0.25) is 0 Å². The highest BCUT2D eigenvalue weighted by atomic mass is 15.3. The first-order valence-electron chi connectivity index (χ1n) is 8.03. The summed E-state index contributed by atoms with van der Waals surface area (Å²) in [5.41, 5.74) is 2.46. The van der Waals surface area contributed by atoms with Crippen molar-refractivity contribution in [2.45, 2.75) is 45.7 Å². The van der Waals surface area contributed by atoms with E-state index in [-0.39, 0.29) is 0 Å². The molecule has 0 spiro atoms. The lowest BCUT2D eigenvalue weighted by molar-refractivity contribution is 0.238. The average Bonchev–Trinajstić information content (AvgIpc) is 2.99. The highest BCUT2D eigenvalue weighted by Gasteiger charge is 2.23. The minimum atomic E-state index is 0.676. The molecule has 3 heteroatoms. The second-order valence-corrected chi connectivity index (χ2v) is 6.61. The monoisotopic (exact) mass is 283 g/mol. The number of aromatic nitrogens is 2. The van der Waals surface area contributed by atoms with Crippen molar-refractivity contribution in [1.82, 2.24) is 15.1 Å². The third-order valence-corrected chi connectivity index (χ3v) is 4.48. The van der Waals surface area contributed by atoms with Crippen LogP contribution < -0.4 is 5.32 Å². The van der Waals surface area contributed by atoms with Gasteiger partial charge in [-0.25, -0.2) is 4.68 Å². The van der Waals surface area contributed by atoms with Gasteiger partial charge in [-0.05, 0) is 54.9 Å². The maximum Gasteiger partial charge on any atom is 0.0645 e. The molecule has 1 aliphatic rings. The number of hydrogen-bond donors (Lipinski definition) is 1. The van der Waals surface area contributed by atoms with Crippen molar-refractivity contribution in [3.63, 3.8) is 0 Å². The Morgan fingerprint density at radius 3 is 2.43 bits per heavy atom. The topological polar surface area (TPSA) is 29.9 Å². The molecule has 1 fully saturated rings. The first-order valence-corrected chi connectivity index (χ1v) is 8.03.